The summed E-state index contributed by atoms with van der Waals surface area (Å²) in [6.45, 7) is 0. The number of aliphatic carboxylic acids is 2. The lowest BCUT2D eigenvalue weighted by molar-refractivity contribution is -0.312. The number of alkyl halides is 12. The summed E-state index contributed by atoms with van der Waals surface area (Å²) in [5.74, 6) is -6.52. The van der Waals surface area contributed by atoms with Crippen molar-refractivity contribution >= 4 is 11.9 Å². The van der Waals surface area contributed by atoms with Gasteiger partial charge in [-0.05, 0) is 5.57 Å². The summed E-state index contributed by atoms with van der Waals surface area (Å²) < 4.78 is 155. The van der Waals surface area contributed by atoms with Crippen molar-refractivity contribution in [1.29, 1.82) is 0 Å². The number of carbonyl (C=O) groups is 2. The number of hydrogen-bond acceptors (Lipinski definition) is 4. The minimum atomic E-state index is -7.29. The van der Waals surface area contributed by atoms with Gasteiger partial charge in [-0.2, -0.15) is 26.3 Å². The van der Waals surface area contributed by atoms with E-state index >= 15 is 0 Å². The largest absolute Gasteiger partial charge is 0.550 e. The number of carboxylic acids is 2. The highest BCUT2D eigenvalue weighted by atomic mass is 19.4. The first kappa shape index (κ1) is 24.8. The fourth-order valence-corrected chi connectivity index (χ4v) is 1.86. The standard InChI is InChI=1S/C11H6F12O4/c12-6(13)8(16,10(18,19)20)4(2(5(26)27)1-3(24)25)9(17,7(14)15)11(21,22)23/h6-7H,1H2,(H,24,25)(H,26,27)/p-2. The lowest BCUT2D eigenvalue weighted by Crippen LogP contribution is -2.62. The lowest BCUT2D eigenvalue weighted by Gasteiger charge is -2.39. The van der Waals surface area contributed by atoms with E-state index in [4.69, 9.17) is 0 Å². The van der Waals surface area contributed by atoms with Crippen LogP contribution in [0.25, 0.3) is 0 Å². The third-order valence-electron chi connectivity index (χ3n) is 3.02. The third kappa shape index (κ3) is 4.23. The van der Waals surface area contributed by atoms with Crippen LogP contribution in [0.15, 0.2) is 11.1 Å². The van der Waals surface area contributed by atoms with Gasteiger partial charge in [0.2, 0.25) is 0 Å². The zero-order valence-corrected chi connectivity index (χ0v) is 12.0. The van der Waals surface area contributed by atoms with Crippen LogP contribution in [0, 0.1) is 0 Å². The van der Waals surface area contributed by atoms with Crippen molar-refractivity contribution in [2.45, 2.75) is 43.0 Å². The summed E-state index contributed by atoms with van der Waals surface area (Å²) in [5, 5.41) is 20.9. The lowest BCUT2D eigenvalue weighted by atomic mass is 9.78. The number of hydrogen-bond donors (Lipinski definition) is 0. The van der Waals surface area contributed by atoms with Crippen LogP contribution in [0.3, 0.4) is 0 Å². The molecule has 0 fully saturated rings. The molecule has 0 radical (unpaired) electrons. The number of carboxylic acid groups (broad SMARTS) is 2. The van der Waals surface area contributed by atoms with Crippen LogP contribution in [0.4, 0.5) is 52.7 Å². The first-order valence-electron chi connectivity index (χ1n) is 5.99. The maximum atomic E-state index is 14.0. The van der Waals surface area contributed by atoms with Crippen LogP contribution in [-0.4, -0.2) is 48.5 Å². The molecule has 0 heterocycles. The van der Waals surface area contributed by atoms with E-state index in [0.29, 0.717) is 0 Å². The Kier molecular flexibility index (Phi) is 6.86. The SMILES string of the molecule is O=C([O-])CC(C(=O)[O-])=C(C(F)(C(F)F)C(F)(F)F)C(F)(C(F)F)C(F)(F)F. The molecule has 0 aromatic carbocycles. The van der Waals surface area contributed by atoms with Crippen LogP contribution in [-0.2, 0) is 9.59 Å². The molecule has 0 spiro atoms. The average Bonchev–Trinajstić information content (AvgIpc) is 2.42. The van der Waals surface area contributed by atoms with Gasteiger partial charge < -0.3 is 19.8 Å². The third-order valence-corrected chi connectivity index (χ3v) is 3.02. The van der Waals surface area contributed by atoms with Gasteiger partial charge in [-0.3, -0.25) is 0 Å². The summed E-state index contributed by atoms with van der Waals surface area (Å²) in [5.41, 5.74) is -21.6. The molecule has 0 N–H and O–H groups in total. The zero-order chi connectivity index (χ0) is 22.2. The van der Waals surface area contributed by atoms with Crippen molar-refractivity contribution < 1.29 is 72.5 Å². The Bertz CT molecular complexity index is 588. The first-order chi connectivity index (χ1) is 11.8. The quantitative estimate of drug-likeness (QED) is 0.452. The van der Waals surface area contributed by atoms with E-state index in [9.17, 15) is 72.5 Å². The zero-order valence-electron chi connectivity index (χ0n) is 12.0. The molecule has 2 unspecified atom stereocenters. The summed E-state index contributed by atoms with van der Waals surface area (Å²) in [6, 6.07) is 0. The van der Waals surface area contributed by atoms with Crippen molar-refractivity contribution in [3.05, 3.63) is 11.1 Å². The monoisotopic (exact) mass is 428 g/mol. The molecule has 4 nitrogen and oxygen atoms in total. The first-order valence-corrected chi connectivity index (χ1v) is 5.99. The van der Waals surface area contributed by atoms with E-state index in [1.807, 2.05) is 0 Å². The summed E-state index contributed by atoms with van der Waals surface area (Å²) in [4.78, 5) is 20.9. The number of allylic oxidation sites excluding steroid dienone is 1. The Morgan fingerprint density at radius 2 is 1.00 bits per heavy atom. The van der Waals surface area contributed by atoms with Crippen molar-refractivity contribution in [2.75, 3.05) is 0 Å². The highest BCUT2D eigenvalue weighted by Gasteiger charge is 2.77. The molecule has 0 aliphatic rings. The molecule has 158 valence electrons. The maximum absolute atomic E-state index is 14.0. The normalized spacial score (nSPS) is 17.4. The van der Waals surface area contributed by atoms with E-state index < -0.39 is 66.0 Å². The van der Waals surface area contributed by atoms with E-state index in [2.05, 4.69) is 0 Å². The number of carbonyl (C=O) groups excluding carboxylic acids is 2. The van der Waals surface area contributed by atoms with Crippen molar-refractivity contribution in [3.8, 4) is 0 Å². The molecular weight excluding hydrogens is 424 g/mol. The summed E-state index contributed by atoms with van der Waals surface area (Å²) in [7, 11) is 0. The van der Waals surface area contributed by atoms with Gasteiger partial charge in [-0.25, -0.2) is 26.3 Å². The Labute approximate surface area is 140 Å². The fourth-order valence-electron chi connectivity index (χ4n) is 1.86. The molecule has 0 aromatic rings. The van der Waals surface area contributed by atoms with Gasteiger partial charge in [0.15, 0.2) is 0 Å². The van der Waals surface area contributed by atoms with Gasteiger partial charge in [-0.15, -0.1) is 0 Å². The van der Waals surface area contributed by atoms with Gasteiger partial charge >= 0.3 is 12.4 Å². The van der Waals surface area contributed by atoms with E-state index in [1.165, 1.54) is 0 Å². The van der Waals surface area contributed by atoms with Gasteiger partial charge in [0.05, 0.1) is 5.97 Å². The van der Waals surface area contributed by atoms with Gasteiger partial charge in [-0.1, -0.05) is 0 Å². The van der Waals surface area contributed by atoms with E-state index in [0.717, 1.165) is 0 Å². The molecule has 27 heavy (non-hydrogen) atoms. The van der Waals surface area contributed by atoms with Crippen molar-refractivity contribution in [2.24, 2.45) is 0 Å². The smallest absolute Gasteiger partial charge is 0.432 e. The maximum Gasteiger partial charge on any atom is 0.432 e. The molecule has 2 atom stereocenters. The molecule has 0 aromatic heterocycles. The highest BCUT2D eigenvalue weighted by molar-refractivity contribution is 5.92. The van der Waals surface area contributed by atoms with Gasteiger partial charge in [0.1, 0.15) is 0 Å². The van der Waals surface area contributed by atoms with Crippen LogP contribution >= 0.6 is 0 Å². The number of rotatable bonds is 7. The summed E-state index contributed by atoms with van der Waals surface area (Å²) in [6.07, 6.45) is -28.9. The molecule has 0 saturated heterocycles. The Morgan fingerprint density at radius 3 is 1.15 bits per heavy atom. The van der Waals surface area contributed by atoms with Gasteiger partial charge in [0, 0.05) is 18.0 Å². The second kappa shape index (κ2) is 7.46. The molecule has 0 aliphatic carbocycles. The van der Waals surface area contributed by atoms with Crippen LogP contribution in [0.2, 0.25) is 0 Å². The topological polar surface area (TPSA) is 80.3 Å². The Hall–Kier alpha value is -2.16. The van der Waals surface area contributed by atoms with Gasteiger partial charge in [0.25, 0.3) is 24.2 Å². The molecule has 0 saturated carbocycles. The Balaban J connectivity index is 7.66. The second-order valence-corrected chi connectivity index (χ2v) is 4.71. The minimum absolute atomic E-state index is 2.79. The fraction of sp³-hybridized carbons (Fsp3) is 0.636. The summed E-state index contributed by atoms with van der Waals surface area (Å²) >= 11 is 0. The van der Waals surface area contributed by atoms with Crippen molar-refractivity contribution in [1.82, 2.24) is 0 Å². The van der Waals surface area contributed by atoms with Crippen LogP contribution < -0.4 is 10.2 Å². The Morgan fingerprint density at radius 1 is 0.704 bits per heavy atom. The molecule has 0 amide bonds. The number of halogens is 12. The molecular formula is C11H4F12O4-2. The molecule has 0 bridgehead atoms. The molecule has 0 aliphatic heterocycles. The minimum Gasteiger partial charge on any atom is -0.550 e. The van der Waals surface area contributed by atoms with E-state index in [1.54, 1.807) is 0 Å². The average molecular weight is 428 g/mol. The second-order valence-electron chi connectivity index (χ2n) is 4.71. The molecule has 16 heteroatoms. The predicted octanol–water partition coefficient (Wildman–Crippen LogP) is 1.24. The van der Waals surface area contributed by atoms with Crippen LogP contribution in [0.5, 0.6) is 0 Å². The van der Waals surface area contributed by atoms with Crippen molar-refractivity contribution in [3.63, 3.8) is 0 Å². The molecule has 0 rings (SSSR count). The van der Waals surface area contributed by atoms with E-state index in [-0.39, 0.29) is 0 Å². The predicted molar refractivity (Wildman–Crippen MR) is 53.5 cm³/mol. The highest BCUT2D eigenvalue weighted by Crippen LogP contribution is 2.56. The van der Waals surface area contributed by atoms with Crippen LogP contribution in [0.1, 0.15) is 6.42 Å².